The number of carbonyl (C=O) groups excluding carboxylic acids is 1. The van der Waals surface area contributed by atoms with Crippen molar-refractivity contribution in [2.75, 3.05) is 25.5 Å². The number of amides is 1. The van der Waals surface area contributed by atoms with E-state index < -0.39 is 17.7 Å². The maximum Gasteiger partial charge on any atom is 0.346 e. The summed E-state index contributed by atoms with van der Waals surface area (Å²) in [5.74, 6) is -0.696. The molecule has 1 saturated carbocycles. The highest BCUT2D eigenvalue weighted by atomic mass is 32.1. The summed E-state index contributed by atoms with van der Waals surface area (Å²) < 4.78 is 15.2. The van der Waals surface area contributed by atoms with Crippen molar-refractivity contribution in [1.82, 2.24) is 9.88 Å². The lowest BCUT2D eigenvalue weighted by Gasteiger charge is -2.35. The Balaban J connectivity index is 1.48. The molecular weight excluding hydrogens is 509 g/mol. The largest absolute Gasteiger partial charge is 0.477 e. The van der Waals surface area contributed by atoms with Gasteiger partial charge in [0.2, 0.25) is 0 Å². The van der Waals surface area contributed by atoms with E-state index in [-0.39, 0.29) is 10.6 Å². The zero-order valence-corrected chi connectivity index (χ0v) is 22.6. The van der Waals surface area contributed by atoms with Crippen LogP contribution in [0, 0.1) is 17.7 Å². The van der Waals surface area contributed by atoms with E-state index in [0.29, 0.717) is 22.0 Å². The maximum atomic E-state index is 15.2. The van der Waals surface area contributed by atoms with Gasteiger partial charge in [0.25, 0.3) is 5.91 Å². The Labute approximate surface area is 223 Å². The molecule has 2 N–H and O–H groups in total. The van der Waals surface area contributed by atoms with Gasteiger partial charge in [-0.05, 0) is 73.6 Å². The average molecular weight is 540 g/mol. The number of nitrogens with one attached hydrogen (secondary N) is 1. The summed E-state index contributed by atoms with van der Waals surface area (Å²) >= 11 is 2.42. The number of benzene rings is 1. The molecule has 5 rings (SSSR count). The molecule has 1 aliphatic carbocycles. The SMILES string of the molecule is CC1CCC(C2=C(c3cc(-c4ccc(NC(=O)c5cscn5)cc4F)sc3C(=O)O)CCN(C)C2)CC1. The minimum Gasteiger partial charge on any atom is -0.477 e. The molecule has 6 nitrogen and oxygen atoms in total. The monoisotopic (exact) mass is 539 g/mol. The van der Waals surface area contributed by atoms with Gasteiger partial charge in [0.1, 0.15) is 16.4 Å². The standard InChI is InChI=1S/C28H30FN3O3S2/c1-16-3-5-17(6-4-16)22-13-32(2)10-9-19(22)21-12-25(37-26(21)28(34)35)20-8-7-18(11-23(20)29)31-27(33)24-14-36-15-30-24/h7-8,11-12,14-17H,3-6,9-10,13H2,1-2H3,(H,31,33)(H,34,35). The number of thiazole rings is 1. The summed E-state index contributed by atoms with van der Waals surface area (Å²) in [4.78, 5) is 31.7. The van der Waals surface area contributed by atoms with Crippen LogP contribution in [0.1, 0.15) is 64.8 Å². The second-order valence-electron chi connectivity index (χ2n) is 10.1. The van der Waals surface area contributed by atoms with Gasteiger partial charge < -0.3 is 15.3 Å². The number of rotatable bonds is 6. The summed E-state index contributed by atoms with van der Waals surface area (Å²) in [6, 6.07) is 6.35. The molecule has 3 heterocycles. The molecule has 0 radical (unpaired) electrons. The summed E-state index contributed by atoms with van der Waals surface area (Å²) in [5, 5.41) is 14.4. The van der Waals surface area contributed by atoms with Crippen molar-refractivity contribution in [3.63, 3.8) is 0 Å². The molecule has 3 aromatic rings. The molecule has 37 heavy (non-hydrogen) atoms. The van der Waals surface area contributed by atoms with E-state index in [0.717, 1.165) is 60.7 Å². The van der Waals surface area contributed by atoms with Gasteiger partial charge in [0.15, 0.2) is 0 Å². The summed E-state index contributed by atoms with van der Waals surface area (Å²) in [6.45, 7) is 4.02. The molecule has 1 fully saturated rings. The number of likely N-dealkylation sites (N-methyl/N-ethyl adjacent to an activating group) is 1. The number of aromatic nitrogens is 1. The number of carbonyl (C=O) groups is 2. The van der Waals surface area contributed by atoms with Crippen LogP contribution < -0.4 is 5.32 Å². The summed E-state index contributed by atoms with van der Waals surface area (Å²) in [5.41, 5.74) is 5.70. The van der Waals surface area contributed by atoms with Gasteiger partial charge in [-0.3, -0.25) is 4.79 Å². The Morgan fingerprint density at radius 1 is 1.16 bits per heavy atom. The van der Waals surface area contributed by atoms with Gasteiger partial charge in [-0.1, -0.05) is 19.8 Å². The van der Waals surface area contributed by atoms with Crippen LogP contribution >= 0.6 is 22.7 Å². The first-order chi connectivity index (χ1) is 17.8. The highest BCUT2D eigenvalue weighted by Crippen LogP contribution is 2.44. The van der Waals surface area contributed by atoms with Crippen LogP contribution in [0.5, 0.6) is 0 Å². The van der Waals surface area contributed by atoms with Crippen LogP contribution in [0.4, 0.5) is 10.1 Å². The molecule has 0 bridgehead atoms. The highest BCUT2D eigenvalue weighted by Gasteiger charge is 2.30. The maximum absolute atomic E-state index is 15.2. The normalized spacial score (nSPS) is 20.7. The zero-order valence-electron chi connectivity index (χ0n) is 20.9. The van der Waals surface area contributed by atoms with Crippen molar-refractivity contribution in [2.24, 2.45) is 11.8 Å². The molecule has 194 valence electrons. The third-order valence-electron chi connectivity index (χ3n) is 7.49. The number of nitrogens with zero attached hydrogens (tertiary/aromatic N) is 2. The zero-order chi connectivity index (χ0) is 26.1. The average Bonchev–Trinajstić information content (AvgIpc) is 3.56. The number of halogens is 1. The van der Waals surface area contributed by atoms with Gasteiger partial charge in [0.05, 0.1) is 5.51 Å². The number of anilines is 1. The Hall–Kier alpha value is -2.88. The van der Waals surface area contributed by atoms with E-state index in [1.807, 2.05) is 6.07 Å². The number of carboxylic acids is 1. The second kappa shape index (κ2) is 10.8. The van der Waals surface area contributed by atoms with E-state index in [9.17, 15) is 14.7 Å². The molecule has 1 aromatic carbocycles. The van der Waals surface area contributed by atoms with E-state index in [2.05, 4.69) is 29.2 Å². The Kier molecular flexibility index (Phi) is 7.55. The molecular formula is C28H30FN3O3S2. The predicted octanol–water partition coefficient (Wildman–Crippen LogP) is 6.88. The van der Waals surface area contributed by atoms with Crippen LogP contribution in [0.2, 0.25) is 0 Å². The van der Waals surface area contributed by atoms with Crippen LogP contribution in [-0.4, -0.2) is 47.0 Å². The summed E-state index contributed by atoms with van der Waals surface area (Å²) in [6.07, 6.45) is 5.45. The molecule has 1 amide bonds. The first-order valence-corrected chi connectivity index (χ1v) is 14.3. The van der Waals surface area contributed by atoms with Gasteiger partial charge in [-0.2, -0.15) is 0 Å². The lowest BCUT2D eigenvalue weighted by molar-refractivity contribution is 0.0701. The minimum atomic E-state index is -0.984. The smallest absolute Gasteiger partial charge is 0.346 e. The fourth-order valence-corrected chi connectivity index (χ4v) is 7.02. The summed E-state index contributed by atoms with van der Waals surface area (Å²) in [7, 11) is 2.11. The quantitative estimate of drug-likeness (QED) is 0.357. The first kappa shape index (κ1) is 25.8. The fraction of sp³-hybridized carbons (Fsp3) is 0.393. The molecule has 0 saturated heterocycles. The molecule has 0 spiro atoms. The first-order valence-electron chi connectivity index (χ1n) is 12.6. The van der Waals surface area contributed by atoms with E-state index >= 15 is 4.39 Å². The van der Waals surface area contributed by atoms with Gasteiger partial charge in [-0.25, -0.2) is 14.2 Å². The molecule has 0 unspecified atom stereocenters. The second-order valence-corrected chi connectivity index (χ2v) is 11.9. The predicted molar refractivity (Wildman–Crippen MR) is 147 cm³/mol. The number of thiophene rings is 1. The van der Waals surface area contributed by atoms with Crippen molar-refractivity contribution in [3.8, 4) is 10.4 Å². The van der Waals surface area contributed by atoms with Crippen LogP contribution in [0.3, 0.4) is 0 Å². The van der Waals surface area contributed by atoms with Crippen LogP contribution in [-0.2, 0) is 0 Å². The van der Waals surface area contributed by atoms with Crippen molar-refractivity contribution in [2.45, 2.75) is 39.0 Å². The van der Waals surface area contributed by atoms with Crippen LogP contribution in [0.15, 0.2) is 40.7 Å². The molecule has 2 aromatic heterocycles. The van der Waals surface area contributed by atoms with Gasteiger partial charge >= 0.3 is 5.97 Å². The number of carboxylic acid groups (broad SMARTS) is 1. The Bertz CT molecular complexity index is 1340. The van der Waals surface area contributed by atoms with Crippen LogP contribution in [0.25, 0.3) is 16.0 Å². The number of hydrogen-bond donors (Lipinski definition) is 2. The topological polar surface area (TPSA) is 82.5 Å². The molecule has 0 atom stereocenters. The minimum absolute atomic E-state index is 0.261. The van der Waals surface area contributed by atoms with Gasteiger partial charge in [0, 0.05) is 40.2 Å². The third kappa shape index (κ3) is 5.54. The third-order valence-corrected chi connectivity index (χ3v) is 9.23. The molecule has 9 heteroatoms. The molecule has 1 aliphatic heterocycles. The lowest BCUT2D eigenvalue weighted by Crippen LogP contribution is -2.31. The van der Waals surface area contributed by atoms with Crippen molar-refractivity contribution in [3.05, 3.63) is 62.7 Å². The highest BCUT2D eigenvalue weighted by molar-refractivity contribution is 7.17. The molecule has 2 aliphatic rings. The number of aromatic carboxylic acids is 1. The van der Waals surface area contributed by atoms with E-state index in [4.69, 9.17) is 0 Å². The van der Waals surface area contributed by atoms with Crippen molar-refractivity contribution < 1.29 is 19.1 Å². The Morgan fingerprint density at radius 3 is 2.62 bits per heavy atom. The van der Waals surface area contributed by atoms with Crippen molar-refractivity contribution in [1.29, 1.82) is 0 Å². The van der Waals surface area contributed by atoms with Gasteiger partial charge in [-0.15, -0.1) is 22.7 Å². The van der Waals surface area contributed by atoms with E-state index in [1.54, 1.807) is 23.0 Å². The number of hydrogen-bond acceptors (Lipinski definition) is 6. The van der Waals surface area contributed by atoms with E-state index in [1.165, 1.54) is 35.8 Å². The van der Waals surface area contributed by atoms with Crippen molar-refractivity contribution >= 4 is 45.8 Å². The Morgan fingerprint density at radius 2 is 1.95 bits per heavy atom. The lowest BCUT2D eigenvalue weighted by atomic mass is 9.75. The fourth-order valence-electron chi connectivity index (χ4n) is 5.44.